The molecule has 0 spiro atoms. The fourth-order valence-electron chi connectivity index (χ4n) is 0.695. The van der Waals surface area contributed by atoms with Crippen LogP contribution in [0.4, 0.5) is 0 Å². The predicted octanol–water partition coefficient (Wildman–Crippen LogP) is 1.04. The van der Waals surface area contributed by atoms with Gasteiger partial charge in [-0.1, -0.05) is 0 Å². The first-order valence-corrected chi connectivity index (χ1v) is 3.68. The summed E-state index contributed by atoms with van der Waals surface area (Å²) >= 11 is 0. The number of aromatic nitrogens is 3. The van der Waals surface area contributed by atoms with Gasteiger partial charge in [0, 0.05) is 0 Å². The van der Waals surface area contributed by atoms with Crippen molar-refractivity contribution in [1.82, 2.24) is 15.2 Å². The zero-order valence-electron chi connectivity index (χ0n) is 7.09. The predicted molar refractivity (Wildman–Crippen MR) is 41.0 cm³/mol. The number of aryl methyl sites for hydroxylation is 1. The summed E-state index contributed by atoms with van der Waals surface area (Å²) in [6.07, 6.45) is 0.230. The molecular weight excluding hydrogens is 142 g/mol. The van der Waals surface area contributed by atoms with E-state index >= 15 is 0 Å². The Bertz CT molecular complexity index is 219. The number of nitrogens with one attached hydrogen (secondary N) is 1. The van der Waals surface area contributed by atoms with Crippen LogP contribution in [0.15, 0.2) is 0 Å². The van der Waals surface area contributed by atoms with Crippen molar-refractivity contribution in [3.05, 3.63) is 11.6 Å². The number of hydrogen-bond donors (Lipinski definition) is 1. The van der Waals surface area contributed by atoms with E-state index in [2.05, 4.69) is 15.2 Å². The minimum atomic E-state index is 0.230. The van der Waals surface area contributed by atoms with Crippen molar-refractivity contribution >= 4 is 0 Å². The molecule has 0 aromatic carbocycles. The van der Waals surface area contributed by atoms with E-state index in [4.69, 9.17) is 4.74 Å². The van der Waals surface area contributed by atoms with Gasteiger partial charge in [-0.15, -0.1) is 0 Å². The van der Waals surface area contributed by atoms with E-state index in [0.717, 1.165) is 11.6 Å². The van der Waals surface area contributed by atoms with E-state index in [9.17, 15) is 0 Å². The highest BCUT2D eigenvalue weighted by atomic mass is 16.5. The minimum Gasteiger partial charge on any atom is -0.371 e. The summed E-state index contributed by atoms with van der Waals surface area (Å²) in [5, 5.41) is 6.68. The van der Waals surface area contributed by atoms with Crippen LogP contribution in [0.25, 0.3) is 0 Å². The van der Waals surface area contributed by atoms with Crippen LogP contribution >= 0.6 is 0 Å². The smallest absolute Gasteiger partial charge is 0.176 e. The van der Waals surface area contributed by atoms with Crippen molar-refractivity contribution in [3.8, 4) is 0 Å². The fourth-order valence-corrected chi connectivity index (χ4v) is 0.695. The molecule has 0 fully saturated rings. The highest BCUT2D eigenvalue weighted by Gasteiger charge is 2.00. The molecule has 0 saturated heterocycles. The first kappa shape index (κ1) is 8.20. The molecule has 1 aromatic heterocycles. The largest absolute Gasteiger partial charge is 0.371 e. The monoisotopic (exact) mass is 155 g/mol. The molecule has 0 aliphatic heterocycles. The standard InChI is InChI=1S/C7H13N3O/c1-5(2)11-4-7-8-6(3)9-10-7/h5H,4H2,1-3H3,(H,8,9,10). The maximum Gasteiger partial charge on any atom is 0.176 e. The van der Waals surface area contributed by atoms with Gasteiger partial charge in [-0.2, -0.15) is 5.10 Å². The summed E-state index contributed by atoms with van der Waals surface area (Å²) in [6.45, 7) is 6.33. The Balaban J connectivity index is 2.39. The van der Waals surface area contributed by atoms with Crippen LogP contribution in [0.3, 0.4) is 0 Å². The quantitative estimate of drug-likeness (QED) is 0.709. The van der Waals surface area contributed by atoms with Crippen molar-refractivity contribution in [2.75, 3.05) is 0 Å². The molecule has 0 atom stereocenters. The lowest BCUT2D eigenvalue weighted by Crippen LogP contribution is -2.03. The molecule has 0 aliphatic rings. The fraction of sp³-hybridized carbons (Fsp3) is 0.714. The maximum absolute atomic E-state index is 5.30. The molecule has 11 heavy (non-hydrogen) atoms. The molecule has 1 aromatic rings. The summed E-state index contributed by atoms with van der Waals surface area (Å²) in [5.41, 5.74) is 0. The minimum absolute atomic E-state index is 0.230. The number of H-pyrrole nitrogens is 1. The number of aromatic amines is 1. The summed E-state index contributed by atoms with van der Waals surface area (Å²) in [6, 6.07) is 0. The zero-order chi connectivity index (χ0) is 8.27. The van der Waals surface area contributed by atoms with Crippen LogP contribution in [0.1, 0.15) is 25.5 Å². The highest BCUT2D eigenvalue weighted by molar-refractivity contribution is 4.84. The third-order valence-corrected chi connectivity index (χ3v) is 1.19. The van der Waals surface area contributed by atoms with Crippen molar-refractivity contribution < 1.29 is 4.74 Å². The van der Waals surface area contributed by atoms with E-state index in [1.807, 2.05) is 20.8 Å². The van der Waals surface area contributed by atoms with Gasteiger partial charge in [-0.3, -0.25) is 5.10 Å². The lowest BCUT2D eigenvalue weighted by atomic mass is 10.5. The molecule has 4 heteroatoms. The summed E-state index contributed by atoms with van der Waals surface area (Å²) in [5.74, 6) is 1.54. The van der Waals surface area contributed by atoms with E-state index < -0.39 is 0 Å². The Labute approximate surface area is 66.0 Å². The molecule has 1 rings (SSSR count). The molecule has 0 saturated carbocycles. The molecular formula is C7H13N3O. The molecule has 0 bridgehead atoms. The molecule has 1 heterocycles. The van der Waals surface area contributed by atoms with Crippen LogP contribution in [-0.4, -0.2) is 21.3 Å². The third-order valence-electron chi connectivity index (χ3n) is 1.19. The number of rotatable bonds is 3. The van der Waals surface area contributed by atoms with E-state index in [-0.39, 0.29) is 6.10 Å². The van der Waals surface area contributed by atoms with Gasteiger partial charge in [0.05, 0.1) is 6.10 Å². The second-order valence-electron chi connectivity index (χ2n) is 2.70. The molecule has 0 amide bonds. The lowest BCUT2D eigenvalue weighted by molar-refractivity contribution is 0.0614. The summed E-state index contributed by atoms with van der Waals surface area (Å²) < 4.78 is 5.30. The average Bonchev–Trinajstić information content (AvgIpc) is 2.31. The van der Waals surface area contributed by atoms with Crippen molar-refractivity contribution in [1.29, 1.82) is 0 Å². The first-order chi connectivity index (χ1) is 5.18. The molecule has 0 aliphatic carbocycles. The average molecular weight is 155 g/mol. The number of hydrogen-bond acceptors (Lipinski definition) is 3. The Kier molecular flexibility index (Phi) is 2.59. The first-order valence-electron chi connectivity index (χ1n) is 3.68. The normalized spacial score (nSPS) is 10.9. The van der Waals surface area contributed by atoms with Gasteiger partial charge in [-0.25, -0.2) is 4.98 Å². The van der Waals surface area contributed by atoms with Gasteiger partial charge < -0.3 is 4.74 Å². The van der Waals surface area contributed by atoms with Crippen molar-refractivity contribution in [2.45, 2.75) is 33.5 Å². The Morgan fingerprint density at radius 3 is 2.73 bits per heavy atom. The zero-order valence-corrected chi connectivity index (χ0v) is 7.09. The molecule has 0 radical (unpaired) electrons. The van der Waals surface area contributed by atoms with Gasteiger partial charge >= 0.3 is 0 Å². The Morgan fingerprint density at radius 2 is 2.27 bits per heavy atom. The van der Waals surface area contributed by atoms with Crippen LogP contribution < -0.4 is 0 Å². The van der Waals surface area contributed by atoms with Crippen molar-refractivity contribution in [2.24, 2.45) is 0 Å². The van der Waals surface area contributed by atoms with Gasteiger partial charge in [0.1, 0.15) is 12.4 Å². The highest BCUT2D eigenvalue weighted by Crippen LogP contribution is 1.96. The molecule has 1 N–H and O–H groups in total. The molecule has 4 nitrogen and oxygen atoms in total. The van der Waals surface area contributed by atoms with Gasteiger partial charge in [0.15, 0.2) is 5.82 Å². The van der Waals surface area contributed by atoms with E-state index in [1.165, 1.54) is 0 Å². The molecule has 62 valence electrons. The summed E-state index contributed by atoms with van der Waals surface area (Å²) in [4.78, 5) is 4.09. The van der Waals surface area contributed by atoms with Crippen molar-refractivity contribution in [3.63, 3.8) is 0 Å². The number of nitrogens with zero attached hydrogens (tertiary/aromatic N) is 2. The second-order valence-corrected chi connectivity index (χ2v) is 2.70. The third kappa shape index (κ3) is 2.67. The van der Waals surface area contributed by atoms with Gasteiger partial charge in [0.25, 0.3) is 0 Å². The van der Waals surface area contributed by atoms with Crippen LogP contribution in [0, 0.1) is 6.92 Å². The Hall–Kier alpha value is -0.900. The van der Waals surface area contributed by atoms with Gasteiger partial charge in [-0.05, 0) is 20.8 Å². The topological polar surface area (TPSA) is 50.8 Å². The van der Waals surface area contributed by atoms with Crippen LogP contribution in [0.5, 0.6) is 0 Å². The van der Waals surface area contributed by atoms with E-state index in [0.29, 0.717) is 6.61 Å². The Morgan fingerprint density at radius 1 is 1.55 bits per heavy atom. The lowest BCUT2D eigenvalue weighted by Gasteiger charge is -2.02. The van der Waals surface area contributed by atoms with Crippen LogP contribution in [-0.2, 0) is 11.3 Å². The number of ether oxygens (including phenoxy) is 1. The van der Waals surface area contributed by atoms with Crippen LogP contribution in [0.2, 0.25) is 0 Å². The SMILES string of the molecule is Cc1nc(COC(C)C)n[nH]1. The molecule has 0 unspecified atom stereocenters. The van der Waals surface area contributed by atoms with Gasteiger partial charge in [0.2, 0.25) is 0 Å². The van der Waals surface area contributed by atoms with E-state index in [1.54, 1.807) is 0 Å². The second kappa shape index (κ2) is 3.48. The summed E-state index contributed by atoms with van der Waals surface area (Å²) in [7, 11) is 0. The maximum atomic E-state index is 5.30.